The van der Waals surface area contributed by atoms with Crippen molar-refractivity contribution in [2.24, 2.45) is 5.92 Å². The highest BCUT2D eigenvalue weighted by Gasteiger charge is 2.29. The van der Waals surface area contributed by atoms with Crippen LogP contribution >= 0.6 is 0 Å². The molecule has 188 valence electrons. The summed E-state index contributed by atoms with van der Waals surface area (Å²) in [4.78, 5) is 41.6. The number of ether oxygens (including phenoxy) is 3. The zero-order valence-electron chi connectivity index (χ0n) is 21.0. The van der Waals surface area contributed by atoms with Gasteiger partial charge < -0.3 is 14.2 Å². The number of Topliss-reactive ketones (excluding diaryl/α,β-unsaturated/α-hetero) is 1. The Labute approximate surface area is 211 Å². The Hall–Kier alpha value is -4.00. The third kappa shape index (κ3) is 7.01. The number of aromatic nitrogens is 1. The van der Waals surface area contributed by atoms with Crippen LogP contribution in [0.4, 0.5) is 0 Å². The van der Waals surface area contributed by atoms with Gasteiger partial charge in [-0.05, 0) is 24.5 Å². The van der Waals surface area contributed by atoms with E-state index in [0.717, 1.165) is 11.1 Å². The number of esters is 2. The van der Waals surface area contributed by atoms with Crippen molar-refractivity contribution in [1.29, 1.82) is 0 Å². The quantitative estimate of drug-likeness (QED) is 0.271. The Bertz CT molecular complexity index is 1180. The lowest BCUT2D eigenvalue weighted by Gasteiger charge is -2.26. The first-order chi connectivity index (χ1) is 17.3. The minimum absolute atomic E-state index is 0.0570. The van der Waals surface area contributed by atoms with Crippen molar-refractivity contribution in [3.63, 3.8) is 0 Å². The molecule has 0 aliphatic rings. The van der Waals surface area contributed by atoms with Gasteiger partial charge in [-0.1, -0.05) is 67.6 Å². The maximum atomic E-state index is 13.0. The number of carbonyl (C=O) groups excluding carboxylic acids is 3. The van der Waals surface area contributed by atoms with E-state index in [4.69, 9.17) is 14.2 Å². The van der Waals surface area contributed by atoms with Crippen LogP contribution in [0, 0.1) is 5.92 Å². The lowest BCUT2D eigenvalue weighted by atomic mass is 9.88. The van der Waals surface area contributed by atoms with E-state index in [1.165, 1.54) is 26.3 Å². The van der Waals surface area contributed by atoms with Crippen LogP contribution < -0.4 is 9.47 Å². The second kappa shape index (κ2) is 12.6. The van der Waals surface area contributed by atoms with Crippen LogP contribution in [0.1, 0.15) is 54.7 Å². The summed E-state index contributed by atoms with van der Waals surface area (Å²) in [6, 6.07) is 21.4. The monoisotopic (exact) mass is 489 g/mol. The fourth-order valence-corrected chi connectivity index (χ4v) is 3.99. The molecule has 1 aromatic heterocycles. The van der Waals surface area contributed by atoms with Gasteiger partial charge in [0.25, 0.3) is 0 Å². The van der Waals surface area contributed by atoms with E-state index in [1.807, 2.05) is 67.6 Å². The first-order valence-electron chi connectivity index (χ1n) is 11.8. The first-order valence-corrected chi connectivity index (χ1v) is 11.8. The number of nitrogens with zero attached hydrogens (tertiary/aromatic N) is 1. The zero-order chi connectivity index (χ0) is 26.1. The Kier molecular flexibility index (Phi) is 9.33. The molecule has 0 radical (unpaired) electrons. The first kappa shape index (κ1) is 26.6. The number of hydrogen-bond acceptors (Lipinski definition) is 7. The van der Waals surface area contributed by atoms with Crippen LogP contribution in [0.25, 0.3) is 0 Å². The summed E-state index contributed by atoms with van der Waals surface area (Å²) in [6.07, 6.45) is 1.50. The predicted octanol–water partition coefficient (Wildman–Crippen LogP) is 5.18. The predicted molar refractivity (Wildman–Crippen MR) is 135 cm³/mol. The minimum Gasteiger partial charge on any atom is -0.493 e. The normalized spacial score (nSPS) is 13.2. The van der Waals surface area contributed by atoms with Gasteiger partial charge in [-0.3, -0.25) is 14.4 Å². The van der Waals surface area contributed by atoms with Crippen molar-refractivity contribution in [3.05, 3.63) is 89.7 Å². The molecule has 7 heteroatoms. The number of benzene rings is 2. The lowest BCUT2D eigenvalue weighted by molar-refractivity contribution is -0.153. The number of pyridine rings is 1. The van der Waals surface area contributed by atoms with Crippen molar-refractivity contribution >= 4 is 17.7 Å². The van der Waals surface area contributed by atoms with E-state index in [1.54, 1.807) is 6.92 Å². The molecule has 1 heterocycles. The highest BCUT2D eigenvalue weighted by atomic mass is 16.6. The number of hydrogen-bond donors (Lipinski definition) is 0. The number of ketones is 1. The highest BCUT2D eigenvalue weighted by Crippen LogP contribution is 2.32. The fraction of sp³-hybridized carbons (Fsp3) is 0.310. The molecule has 3 aromatic rings. The summed E-state index contributed by atoms with van der Waals surface area (Å²) in [7, 11) is 1.40. The van der Waals surface area contributed by atoms with Crippen LogP contribution in [0.5, 0.6) is 11.5 Å². The topological polar surface area (TPSA) is 91.8 Å². The molecule has 3 rings (SSSR count). The molecule has 0 saturated heterocycles. The molecule has 0 aliphatic carbocycles. The molecule has 0 fully saturated rings. The van der Waals surface area contributed by atoms with Crippen LogP contribution in [0.15, 0.2) is 72.9 Å². The Morgan fingerprint density at radius 1 is 0.917 bits per heavy atom. The molecule has 0 N–H and O–H groups in total. The average Bonchev–Trinajstić information content (AvgIpc) is 2.88. The van der Waals surface area contributed by atoms with Gasteiger partial charge in [-0.25, -0.2) is 4.98 Å². The Morgan fingerprint density at radius 3 is 2.17 bits per heavy atom. The van der Waals surface area contributed by atoms with Gasteiger partial charge in [0.1, 0.15) is 6.10 Å². The van der Waals surface area contributed by atoms with E-state index in [-0.39, 0.29) is 29.5 Å². The summed E-state index contributed by atoms with van der Waals surface area (Å²) in [6.45, 7) is 4.73. The zero-order valence-corrected chi connectivity index (χ0v) is 21.0. The molecule has 0 saturated carbocycles. The molecule has 0 spiro atoms. The smallest absolute Gasteiger partial charge is 0.309 e. The number of rotatable bonds is 11. The van der Waals surface area contributed by atoms with Crippen molar-refractivity contribution in [2.45, 2.75) is 45.6 Å². The average molecular weight is 490 g/mol. The molecule has 36 heavy (non-hydrogen) atoms. The van der Waals surface area contributed by atoms with Crippen LogP contribution in [-0.4, -0.2) is 35.9 Å². The molecule has 2 aromatic carbocycles. The van der Waals surface area contributed by atoms with Crippen molar-refractivity contribution in [1.82, 2.24) is 4.98 Å². The van der Waals surface area contributed by atoms with Gasteiger partial charge in [-0.2, -0.15) is 0 Å². The molecule has 0 bridgehead atoms. The van der Waals surface area contributed by atoms with Gasteiger partial charge in [-0.15, -0.1) is 0 Å². The van der Waals surface area contributed by atoms with Crippen LogP contribution in [0.2, 0.25) is 0 Å². The lowest BCUT2D eigenvalue weighted by Crippen LogP contribution is -2.28. The molecule has 0 amide bonds. The second-order valence-electron chi connectivity index (χ2n) is 8.66. The fourth-order valence-electron chi connectivity index (χ4n) is 3.99. The molecular weight excluding hydrogens is 458 g/mol. The highest BCUT2D eigenvalue weighted by molar-refractivity contribution is 5.99. The number of methoxy groups -OCH3 is 1. The molecular formula is C29H31NO6. The molecule has 0 unspecified atom stereocenters. The van der Waals surface area contributed by atoms with Gasteiger partial charge in [0.15, 0.2) is 17.2 Å². The Morgan fingerprint density at radius 2 is 1.56 bits per heavy atom. The van der Waals surface area contributed by atoms with E-state index < -0.39 is 29.7 Å². The van der Waals surface area contributed by atoms with Crippen LogP contribution in [-0.2, 0) is 20.7 Å². The van der Waals surface area contributed by atoms with E-state index in [2.05, 4.69) is 4.98 Å². The summed E-state index contributed by atoms with van der Waals surface area (Å²) < 4.78 is 16.2. The maximum Gasteiger partial charge on any atom is 0.309 e. The van der Waals surface area contributed by atoms with Gasteiger partial charge >= 0.3 is 11.9 Å². The molecule has 7 nitrogen and oxygen atoms in total. The molecule has 0 aliphatic heterocycles. The van der Waals surface area contributed by atoms with E-state index in [0.29, 0.717) is 6.42 Å². The van der Waals surface area contributed by atoms with E-state index in [9.17, 15) is 14.4 Å². The third-order valence-corrected chi connectivity index (χ3v) is 5.89. The maximum absolute atomic E-state index is 13.0. The second-order valence-corrected chi connectivity index (χ2v) is 8.66. The summed E-state index contributed by atoms with van der Waals surface area (Å²) >= 11 is 0. The SMILES string of the molecule is COc1ccnc(C(=O)C[C@@H](C)C(=O)O[C@@H](C)[C@H](Cc2ccccc2)c2ccccc2)c1OC(C)=O. The van der Waals surface area contributed by atoms with Crippen molar-refractivity contribution < 1.29 is 28.6 Å². The Balaban J connectivity index is 1.72. The summed E-state index contributed by atoms with van der Waals surface area (Å²) in [5, 5.41) is 0. The van der Waals surface area contributed by atoms with Gasteiger partial charge in [0.05, 0.1) is 13.0 Å². The summed E-state index contributed by atoms with van der Waals surface area (Å²) in [5.74, 6) is -2.19. The van der Waals surface area contributed by atoms with E-state index >= 15 is 0 Å². The minimum atomic E-state index is -0.730. The standard InChI is InChI=1S/C29H31NO6/c1-19(17-25(32)27-28(36-21(3)31)26(34-4)15-16-30-27)29(33)35-20(2)24(23-13-9-6-10-14-23)18-22-11-7-5-8-12-22/h5-16,19-20,24H,17-18H2,1-4H3/t19-,20+,24+/m1/s1. The van der Waals surface area contributed by atoms with Crippen LogP contribution in [0.3, 0.4) is 0 Å². The summed E-state index contributed by atoms with van der Waals surface area (Å²) in [5.41, 5.74) is 2.14. The van der Waals surface area contributed by atoms with Crippen molar-refractivity contribution in [3.8, 4) is 11.5 Å². The van der Waals surface area contributed by atoms with Gasteiger partial charge in [0.2, 0.25) is 5.75 Å². The van der Waals surface area contributed by atoms with Crippen molar-refractivity contribution in [2.75, 3.05) is 7.11 Å². The largest absolute Gasteiger partial charge is 0.493 e. The van der Waals surface area contributed by atoms with Gasteiger partial charge in [0, 0.05) is 31.5 Å². The third-order valence-electron chi connectivity index (χ3n) is 5.89. The molecule has 3 atom stereocenters. The number of carbonyl (C=O) groups is 3.